The molecule has 1 rings (SSSR count). The van der Waals surface area contributed by atoms with Gasteiger partial charge < -0.3 is 15.1 Å². The number of carbonyl (C=O) groups is 1. The van der Waals surface area contributed by atoms with Crippen LogP contribution >= 0.6 is 0 Å². The average molecular weight is 227 g/mol. The monoisotopic (exact) mass is 227 g/mol. The predicted octanol–water partition coefficient (Wildman–Crippen LogP) is 0.537. The van der Waals surface area contributed by atoms with E-state index in [0.717, 1.165) is 19.6 Å². The van der Waals surface area contributed by atoms with Crippen molar-refractivity contribution in [3.63, 3.8) is 0 Å². The van der Waals surface area contributed by atoms with Crippen LogP contribution in [0.15, 0.2) is 0 Å². The average Bonchev–Trinajstić information content (AvgIpc) is 2.19. The smallest absolute Gasteiger partial charge is 0.224 e. The molecule has 4 nitrogen and oxygen atoms in total. The third-order valence-corrected chi connectivity index (χ3v) is 3.44. The number of hydrogen-bond acceptors (Lipinski definition) is 3. The number of rotatable bonds is 2. The van der Waals surface area contributed by atoms with Crippen LogP contribution in [0.3, 0.4) is 0 Å². The molecule has 0 aliphatic carbocycles. The molecule has 0 aromatic carbocycles. The van der Waals surface area contributed by atoms with Crippen LogP contribution in [0.4, 0.5) is 0 Å². The first-order valence-electron chi connectivity index (χ1n) is 6.00. The van der Waals surface area contributed by atoms with Gasteiger partial charge in [0.1, 0.15) is 0 Å². The molecule has 1 saturated heterocycles. The summed E-state index contributed by atoms with van der Waals surface area (Å²) in [5, 5.41) is 3.34. The Morgan fingerprint density at radius 1 is 1.50 bits per heavy atom. The zero-order chi connectivity index (χ0) is 12.3. The number of nitrogens with zero attached hydrogens (tertiary/aromatic N) is 2. The summed E-state index contributed by atoms with van der Waals surface area (Å²) >= 11 is 0. The summed E-state index contributed by atoms with van der Waals surface area (Å²) in [5.41, 5.74) is -0.0856. The van der Waals surface area contributed by atoms with Crippen LogP contribution in [0, 0.1) is 0 Å². The topological polar surface area (TPSA) is 35.6 Å². The van der Waals surface area contributed by atoms with Crippen molar-refractivity contribution < 1.29 is 4.79 Å². The highest BCUT2D eigenvalue weighted by molar-refractivity contribution is 5.77. The van der Waals surface area contributed by atoms with Gasteiger partial charge in [0.2, 0.25) is 5.91 Å². The van der Waals surface area contributed by atoms with Crippen molar-refractivity contribution in [1.82, 2.24) is 15.1 Å². The van der Waals surface area contributed by atoms with Gasteiger partial charge in [-0.25, -0.2) is 0 Å². The van der Waals surface area contributed by atoms with Gasteiger partial charge in [0.25, 0.3) is 0 Å². The van der Waals surface area contributed by atoms with E-state index in [9.17, 15) is 4.79 Å². The van der Waals surface area contributed by atoms with Crippen molar-refractivity contribution in [2.24, 2.45) is 0 Å². The fourth-order valence-corrected chi connectivity index (χ4v) is 1.80. The minimum absolute atomic E-state index is 0.0856. The Balaban J connectivity index is 2.50. The Hall–Kier alpha value is -0.610. The molecular weight excluding hydrogens is 202 g/mol. The van der Waals surface area contributed by atoms with E-state index >= 15 is 0 Å². The third-order valence-electron chi connectivity index (χ3n) is 3.44. The lowest BCUT2D eigenvalue weighted by Crippen LogP contribution is -2.52. The van der Waals surface area contributed by atoms with Gasteiger partial charge in [-0.3, -0.25) is 4.79 Å². The molecule has 4 heteroatoms. The number of piperazine rings is 1. The molecule has 1 amide bonds. The van der Waals surface area contributed by atoms with Crippen LogP contribution in [-0.4, -0.2) is 61.0 Å². The fourth-order valence-electron chi connectivity index (χ4n) is 1.80. The van der Waals surface area contributed by atoms with E-state index in [1.54, 1.807) is 0 Å². The SMILES string of the molecule is CN1CCNCC1CC(=O)N(C)C(C)(C)C. The molecule has 16 heavy (non-hydrogen) atoms. The first-order valence-corrected chi connectivity index (χ1v) is 6.00. The molecule has 1 N–H and O–H groups in total. The molecule has 1 fully saturated rings. The van der Waals surface area contributed by atoms with Gasteiger partial charge in [0, 0.05) is 44.7 Å². The lowest BCUT2D eigenvalue weighted by Gasteiger charge is -2.37. The summed E-state index contributed by atoms with van der Waals surface area (Å²) in [7, 11) is 3.98. The summed E-state index contributed by atoms with van der Waals surface area (Å²) in [5.74, 6) is 0.230. The van der Waals surface area contributed by atoms with E-state index < -0.39 is 0 Å². The van der Waals surface area contributed by atoms with Crippen molar-refractivity contribution in [3.8, 4) is 0 Å². The molecule has 1 aliphatic heterocycles. The van der Waals surface area contributed by atoms with Crippen molar-refractivity contribution in [2.75, 3.05) is 33.7 Å². The highest BCUT2D eigenvalue weighted by Crippen LogP contribution is 2.14. The largest absolute Gasteiger partial charge is 0.341 e. The summed E-state index contributed by atoms with van der Waals surface area (Å²) in [6.45, 7) is 9.16. The number of likely N-dealkylation sites (N-methyl/N-ethyl adjacent to an activating group) is 1. The van der Waals surface area contributed by atoms with Crippen LogP contribution < -0.4 is 5.32 Å². The maximum Gasteiger partial charge on any atom is 0.224 e. The molecule has 0 bridgehead atoms. The van der Waals surface area contributed by atoms with Gasteiger partial charge in [0.05, 0.1) is 0 Å². The zero-order valence-electron chi connectivity index (χ0n) is 11.2. The molecule has 0 aromatic heterocycles. The van der Waals surface area contributed by atoms with Crippen molar-refractivity contribution in [2.45, 2.75) is 38.8 Å². The predicted molar refractivity (Wildman–Crippen MR) is 66.4 cm³/mol. The zero-order valence-corrected chi connectivity index (χ0v) is 11.2. The van der Waals surface area contributed by atoms with E-state index in [1.165, 1.54) is 0 Å². The number of hydrogen-bond donors (Lipinski definition) is 1. The Labute approximate surface area is 99.0 Å². The molecule has 0 saturated carbocycles. The minimum atomic E-state index is -0.0856. The van der Waals surface area contributed by atoms with E-state index in [4.69, 9.17) is 0 Å². The molecule has 0 aromatic rings. The maximum atomic E-state index is 12.1. The summed E-state index contributed by atoms with van der Waals surface area (Å²) in [6.07, 6.45) is 0.608. The van der Waals surface area contributed by atoms with Gasteiger partial charge in [-0.1, -0.05) is 0 Å². The summed E-state index contributed by atoms with van der Waals surface area (Å²) in [4.78, 5) is 16.2. The first-order chi connectivity index (χ1) is 7.32. The Morgan fingerprint density at radius 3 is 2.62 bits per heavy atom. The van der Waals surface area contributed by atoms with Gasteiger partial charge in [-0.2, -0.15) is 0 Å². The van der Waals surface area contributed by atoms with Crippen LogP contribution in [0.1, 0.15) is 27.2 Å². The van der Waals surface area contributed by atoms with E-state index in [1.807, 2.05) is 11.9 Å². The summed E-state index contributed by atoms with van der Waals surface area (Å²) < 4.78 is 0. The van der Waals surface area contributed by atoms with Gasteiger partial charge in [-0.15, -0.1) is 0 Å². The number of amides is 1. The normalized spacial score (nSPS) is 23.2. The van der Waals surface area contributed by atoms with E-state index in [2.05, 4.69) is 38.0 Å². The van der Waals surface area contributed by atoms with E-state index in [-0.39, 0.29) is 11.4 Å². The number of carbonyl (C=O) groups excluding carboxylic acids is 1. The molecular formula is C12H25N3O. The second-order valence-electron chi connectivity index (χ2n) is 5.67. The van der Waals surface area contributed by atoms with Gasteiger partial charge in [-0.05, 0) is 27.8 Å². The third kappa shape index (κ3) is 3.46. The van der Waals surface area contributed by atoms with Crippen molar-refractivity contribution in [1.29, 1.82) is 0 Å². The van der Waals surface area contributed by atoms with Gasteiger partial charge in [0.15, 0.2) is 0 Å². The second-order valence-corrected chi connectivity index (χ2v) is 5.67. The molecule has 1 aliphatic rings. The number of nitrogens with one attached hydrogen (secondary N) is 1. The molecule has 1 unspecified atom stereocenters. The summed E-state index contributed by atoms with van der Waals surface area (Å²) in [6, 6.07) is 0.339. The Kier molecular flexibility index (Phi) is 4.33. The fraction of sp³-hybridized carbons (Fsp3) is 0.917. The van der Waals surface area contributed by atoms with E-state index in [0.29, 0.717) is 12.5 Å². The molecule has 0 radical (unpaired) electrons. The quantitative estimate of drug-likeness (QED) is 0.748. The van der Waals surface area contributed by atoms with Crippen molar-refractivity contribution >= 4 is 5.91 Å². The van der Waals surface area contributed by atoms with Gasteiger partial charge >= 0.3 is 0 Å². The maximum absolute atomic E-state index is 12.1. The van der Waals surface area contributed by atoms with Crippen molar-refractivity contribution in [3.05, 3.63) is 0 Å². The standard InChI is InChI=1S/C12H25N3O/c1-12(2,3)15(5)11(16)8-10-9-13-6-7-14(10)4/h10,13H,6-9H2,1-5H3. The molecule has 1 heterocycles. The van der Waals surface area contributed by atoms with Crippen LogP contribution in [0.5, 0.6) is 0 Å². The molecule has 1 atom stereocenters. The highest BCUT2D eigenvalue weighted by Gasteiger charge is 2.27. The minimum Gasteiger partial charge on any atom is -0.341 e. The molecule has 94 valence electrons. The van der Waals surface area contributed by atoms with Crippen LogP contribution in [-0.2, 0) is 4.79 Å². The Morgan fingerprint density at radius 2 is 2.12 bits per heavy atom. The lowest BCUT2D eigenvalue weighted by atomic mass is 10.0. The second kappa shape index (κ2) is 5.15. The van der Waals surface area contributed by atoms with Crippen LogP contribution in [0.25, 0.3) is 0 Å². The highest BCUT2D eigenvalue weighted by atomic mass is 16.2. The first kappa shape index (κ1) is 13.5. The molecule has 0 spiro atoms. The Bertz CT molecular complexity index is 247. The lowest BCUT2D eigenvalue weighted by molar-refractivity contribution is -0.135. The van der Waals surface area contributed by atoms with Crippen LogP contribution in [0.2, 0.25) is 0 Å².